The summed E-state index contributed by atoms with van der Waals surface area (Å²) < 4.78 is 0. The third-order valence-electron chi connectivity index (χ3n) is 3.79. The SMILES string of the molecule is O=C(O)N1CCC2(CNc3ccc(Cl)cc32)C1. The topological polar surface area (TPSA) is 52.6 Å². The molecular weight excluding hydrogens is 240 g/mol. The molecule has 0 bridgehead atoms. The minimum atomic E-state index is -0.836. The van der Waals surface area contributed by atoms with Gasteiger partial charge in [-0.3, -0.25) is 0 Å². The van der Waals surface area contributed by atoms with Gasteiger partial charge in [-0.2, -0.15) is 0 Å². The lowest BCUT2D eigenvalue weighted by Gasteiger charge is -2.23. The van der Waals surface area contributed by atoms with E-state index in [1.165, 1.54) is 4.90 Å². The highest BCUT2D eigenvalue weighted by Crippen LogP contribution is 2.44. The number of nitrogens with one attached hydrogen (secondary N) is 1. The number of likely N-dealkylation sites (tertiary alicyclic amines) is 1. The molecule has 5 heteroatoms. The fourth-order valence-corrected chi connectivity index (χ4v) is 3.04. The maximum Gasteiger partial charge on any atom is 0.407 e. The number of anilines is 1. The Kier molecular flexibility index (Phi) is 2.23. The predicted octanol–water partition coefficient (Wildman–Crippen LogP) is 2.39. The van der Waals surface area contributed by atoms with E-state index in [2.05, 4.69) is 5.32 Å². The van der Waals surface area contributed by atoms with Gasteiger partial charge < -0.3 is 15.3 Å². The fraction of sp³-hybridized carbons (Fsp3) is 0.417. The first kappa shape index (κ1) is 10.7. The van der Waals surface area contributed by atoms with Crippen LogP contribution in [0.15, 0.2) is 18.2 Å². The zero-order valence-corrected chi connectivity index (χ0v) is 10.00. The van der Waals surface area contributed by atoms with Gasteiger partial charge in [-0.25, -0.2) is 4.79 Å². The fourth-order valence-electron chi connectivity index (χ4n) is 2.87. The van der Waals surface area contributed by atoms with Crippen LogP contribution in [0, 0.1) is 0 Å². The van der Waals surface area contributed by atoms with Crippen LogP contribution in [0.25, 0.3) is 0 Å². The van der Waals surface area contributed by atoms with Crippen LogP contribution in [0.4, 0.5) is 10.5 Å². The molecule has 2 N–H and O–H groups in total. The largest absolute Gasteiger partial charge is 0.465 e. The Labute approximate surface area is 104 Å². The minimum absolute atomic E-state index is 0.0847. The highest BCUT2D eigenvalue weighted by atomic mass is 35.5. The van der Waals surface area contributed by atoms with Crippen LogP contribution in [0.5, 0.6) is 0 Å². The first-order valence-electron chi connectivity index (χ1n) is 5.63. The number of carboxylic acid groups (broad SMARTS) is 1. The molecular formula is C12H13ClN2O2. The van der Waals surface area contributed by atoms with E-state index in [4.69, 9.17) is 16.7 Å². The Bertz CT molecular complexity index is 491. The standard InChI is InChI=1S/C12H13ClN2O2/c13-8-1-2-10-9(5-8)12(6-14-10)3-4-15(7-12)11(16)17/h1-2,5,14H,3-4,6-7H2,(H,16,17). The van der Waals surface area contributed by atoms with Crippen molar-refractivity contribution in [3.8, 4) is 0 Å². The summed E-state index contributed by atoms with van der Waals surface area (Å²) in [6.07, 6.45) is 0.0250. The first-order chi connectivity index (χ1) is 8.11. The van der Waals surface area contributed by atoms with E-state index in [9.17, 15) is 4.79 Å². The van der Waals surface area contributed by atoms with E-state index in [1.807, 2.05) is 18.2 Å². The Morgan fingerprint density at radius 1 is 1.53 bits per heavy atom. The number of hydrogen-bond acceptors (Lipinski definition) is 2. The molecule has 17 heavy (non-hydrogen) atoms. The van der Waals surface area contributed by atoms with Gasteiger partial charge in [0.15, 0.2) is 0 Å². The average Bonchev–Trinajstić information content (AvgIpc) is 2.86. The highest BCUT2D eigenvalue weighted by molar-refractivity contribution is 6.30. The van der Waals surface area contributed by atoms with Crippen LogP contribution in [-0.4, -0.2) is 35.7 Å². The Morgan fingerprint density at radius 3 is 3.06 bits per heavy atom. The van der Waals surface area contributed by atoms with Crippen molar-refractivity contribution in [3.05, 3.63) is 28.8 Å². The Morgan fingerprint density at radius 2 is 2.35 bits per heavy atom. The molecule has 0 aliphatic carbocycles. The van der Waals surface area contributed by atoms with E-state index in [1.54, 1.807) is 0 Å². The van der Waals surface area contributed by atoms with Crippen LogP contribution in [0.3, 0.4) is 0 Å². The van der Waals surface area contributed by atoms with Crippen LogP contribution < -0.4 is 5.32 Å². The van der Waals surface area contributed by atoms with E-state index in [0.717, 1.165) is 24.2 Å². The van der Waals surface area contributed by atoms with Crippen LogP contribution in [0.2, 0.25) is 5.02 Å². The molecule has 1 amide bonds. The van der Waals surface area contributed by atoms with Gasteiger partial charge in [-0.05, 0) is 30.2 Å². The number of carbonyl (C=O) groups is 1. The summed E-state index contributed by atoms with van der Waals surface area (Å²) in [6, 6.07) is 5.79. The summed E-state index contributed by atoms with van der Waals surface area (Å²) in [5, 5.41) is 13.1. The number of rotatable bonds is 0. The second-order valence-corrected chi connectivity index (χ2v) is 5.21. The number of benzene rings is 1. The predicted molar refractivity (Wildman–Crippen MR) is 65.8 cm³/mol. The van der Waals surface area contributed by atoms with Gasteiger partial charge in [0.05, 0.1) is 0 Å². The van der Waals surface area contributed by atoms with Crippen molar-refractivity contribution in [2.24, 2.45) is 0 Å². The normalized spacial score (nSPS) is 26.1. The molecule has 1 fully saturated rings. The molecule has 0 saturated carbocycles. The quantitative estimate of drug-likeness (QED) is 0.745. The Balaban J connectivity index is 1.98. The zero-order chi connectivity index (χ0) is 12.0. The summed E-state index contributed by atoms with van der Waals surface area (Å²) in [6.45, 7) is 1.96. The van der Waals surface area contributed by atoms with Gasteiger partial charge in [0, 0.05) is 35.8 Å². The second-order valence-electron chi connectivity index (χ2n) is 4.78. The molecule has 1 spiro atoms. The summed E-state index contributed by atoms with van der Waals surface area (Å²) in [5.41, 5.74) is 2.16. The van der Waals surface area contributed by atoms with Crippen molar-refractivity contribution in [2.75, 3.05) is 25.0 Å². The first-order valence-corrected chi connectivity index (χ1v) is 6.00. The summed E-state index contributed by atoms with van der Waals surface area (Å²) >= 11 is 6.03. The van der Waals surface area contributed by atoms with Crippen LogP contribution in [-0.2, 0) is 5.41 Å². The molecule has 1 atom stereocenters. The van der Waals surface area contributed by atoms with Crippen molar-refractivity contribution < 1.29 is 9.90 Å². The maximum atomic E-state index is 11.0. The molecule has 2 heterocycles. The minimum Gasteiger partial charge on any atom is -0.465 e. The lowest BCUT2D eigenvalue weighted by atomic mass is 9.82. The van der Waals surface area contributed by atoms with Gasteiger partial charge in [0.2, 0.25) is 0 Å². The van der Waals surface area contributed by atoms with Crippen molar-refractivity contribution in [1.82, 2.24) is 4.90 Å². The third-order valence-corrected chi connectivity index (χ3v) is 4.03. The van der Waals surface area contributed by atoms with E-state index in [-0.39, 0.29) is 5.41 Å². The van der Waals surface area contributed by atoms with Crippen molar-refractivity contribution in [2.45, 2.75) is 11.8 Å². The van der Waals surface area contributed by atoms with Gasteiger partial charge in [-0.15, -0.1) is 0 Å². The summed E-state index contributed by atoms with van der Waals surface area (Å²) in [5.74, 6) is 0. The van der Waals surface area contributed by atoms with Crippen molar-refractivity contribution in [1.29, 1.82) is 0 Å². The molecule has 4 nitrogen and oxygen atoms in total. The Hall–Kier alpha value is -1.42. The van der Waals surface area contributed by atoms with Gasteiger partial charge >= 0.3 is 6.09 Å². The maximum absolute atomic E-state index is 11.0. The second kappa shape index (κ2) is 3.53. The summed E-state index contributed by atoms with van der Waals surface area (Å²) in [4.78, 5) is 12.5. The lowest BCUT2D eigenvalue weighted by Crippen LogP contribution is -2.35. The van der Waals surface area contributed by atoms with E-state index < -0.39 is 6.09 Å². The molecule has 1 aromatic rings. The molecule has 1 aromatic carbocycles. The molecule has 1 saturated heterocycles. The molecule has 0 aromatic heterocycles. The van der Waals surface area contributed by atoms with Gasteiger partial charge in [-0.1, -0.05) is 11.6 Å². The zero-order valence-electron chi connectivity index (χ0n) is 9.24. The lowest BCUT2D eigenvalue weighted by molar-refractivity contribution is 0.153. The van der Waals surface area contributed by atoms with E-state index >= 15 is 0 Å². The van der Waals surface area contributed by atoms with Gasteiger partial charge in [0.25, 0.3) is 0 Å². The summed E-state index contributed by atoms with van der Waals surface area (Å²) in [7, 11) is 0. The number of hydrogen-bond donors (Lipinski definition) is 2. The molecule has 1 unspecified atom stereocenters. The monoisotopic (exact) mass is 252 g/mol. The van der Waals surface area contributed by atoms with Crippen molar-refractivity contribution >= 4 is 23.4 Å². The van der Waals surface area contributed by atoms with Crippen LogP contribution >= 0.6 is 11.6 Å². The van der Waals surface area contributed by atoms with Crippen LogP contribution in [0.1, 0.15) is 12.0 Å². The van der Waals surface area contributed by atoms with Crippen molar-refractivity contribution in [3.63, 3.8) is 0 Å². The highest BCUT2D eigenvalue weighted by Gasteiger charge is 2.45. The average molecular weight is 253 g/mol. The molecule has 3 rings (SSSR count). The van der Waals surface area contributed by atoms with Gasteiger partial charge in [0.1, 0.15) is 0 Å². The molecule has 0 radical (unpaired) electrons. The molecule has 90 valence electrons. The third kappa shape index (κ3) is 1.55. The van der Waals surface area contributed by atoms with E-state index in [0.29, 0.717) is 18.1 Å². The number of amides is 1. The molecule has 2 aliphatic rings. The smallest absolute Gasteiger partial charge is 0.407 e. The number of nitrogens with zero attached hydrogens (tertiary/aromatic N) is 1. The number of fused-ring (bicyclic) bond motifs is 2. The number of halogens is 1. The molecule has 2 aliphatic heterocycles.